The predicted molar refractivity (Wildman–Crippen MR) is 58.9 cm³/mol. The molecule has 5 heteroatoms. The number of likely N-dealkylation sites (N-methyl/N-ethyl adjacent to an activating group) is 1. The van der Waals surface area contributed by atoms with Crippen LogP contribution < -0.4 is 4.90 Å². The molecule has 0 saturated carbocycles. The van der Waals surface area contributed by atoms with Gasteiger partial charge in [0.15, 0.2) is 0 Å². The fourth-order valence-electron chi connectivity index (χ4n) is 1.66. The van der Waals surface area contributed by atoms with Crippen molar-refractivity contribution in [2.45, 2.75) is 12.5 Å². The van der Waals surface area contributed by atoms with E-state index in [1.165, 1.54) is 11.3 Å². The number of ether oxygens (including phenoxy) is 1. The first-order valence-electron chi connectivity index (χ1n) is 4.81. The normalized spacial score (nSPS) is 20.5. The average Bonchev–Trinajstić information content (AvgIpc) is 2.88. The molecule has 1 saturated heterocycles. The highest BCUT2D eigenvalue weighted by molar-refractivity contribution is 7.12. The van der Waals surface area contributed by atoms with E-state index in [-0.39, 0.29) is 0 Å². The van der Waals surface area contributed by atoms with Crippen molar-refractivity contribution in [1.29, 1.82) is 0 Å². The molecule has 1 N–H and O–H groups in total. The molecule has 2 rings (SSSR count). The summed E-state index contributed by atoms with van der Waals surface area (Å²) in [7, 11) is 1.98. The van der Waals surface area contributed by atoms with Crippen LogP contribution in [0.1, 0.15) is 16.1 Å². The molecule has 1 aromatic heterocycles. The Morgan fingerprint density at radius 3 is 3.07 bits per heavy atom. The van der Waals surface area contributed by atoms with E-state index in [0.29, 0.717) is 10.9 Å². The first-order valence-corrected chi connectivity index (χ1v) is 5.69. The third kappa shape index (κ3) is 2.13. The fourth-order valence-corrected chi connectivity index (χ4v) is 2.43. The molecule has 2 heterocycles. The van der Waals surface area contributed by atoms with Crippen molar-refractivity contribution in [2.24, 2.45) is 0 Å². The zero-order chi connectivity index (χ0) is 10.8. The summed E-state index contributed by atoms with van der Waals surface area (Å²) in [6.45, 7) is 1.53. The summed E-state index contributed by atoms with van der Waals surface area (Å²) in [4.78, 5) is 13.2. The highest BCUT2D eigenvalue weighted by Crippen LogP contribution is 2.25. The molecule has 0 aliphatic carbocycles. The Morgan fingerprint density at radius 2 is 2.53 bits per heavy atom. The van der Waals surface area contributed by atoms with Crippen molar-refractivity contribution >= 4 is 23.0 Å². The summed E-state index contributed by atoms with van der Waals surface area (Å²) >= 11 is 1.26. The van der Waals surface area contributed by atoms with Gasteiger partial charge in [0.1, 0.15) is 4.88 Å². The van der Waals surface area contributed by atoms with Crippen LogP contribution >= 0.6 is 11.3 Å². The molecule has 0 aromatic carbocycles. The highest BCUT2D eigenvalue weighted by atomic mass is 32.1. The zero-order valence-corrected chi connectivity index (χ0v) is 9.29. The third-order valence-electron chi connectivity index (χ3n) is 2.66. The maximum Gasteiger partial charge on any atom is 0.345 e. The molecule has 15 heavy (non-hydrogen) atoms. The molecule has 1 unspecified atom stereocenters. The van der Waals surface area contributed by atoms with Gasteiger partial charge in [-0.15, -0.1) is 11.3 Å². The van der Waals surface area contributed by atoms with Crippen molar-refractivity contribution in [3.63, 3.8) is 0 Å². The van der Waals surface area contributed by atoms with Gasteiger partial charge in [-0.1, -0.05) is 0 Å². The number of carboxylic acid groups (broad SMARTS) is 1. The smallest absolute Gasteiger partial charge is 0.345 e. The monoisotopic (exact) mass is 227 g/mol. The van der Waals surface area contributed by atoms with Crippen LogP contribution in [0.2, 0.25) is 0 Å². The Bertz CT molecular complexity index is 357. The van der Waals surface area contributed by atoms with Crippen LogP contribution in [0.25, 0.3) is 0 Å². The van der Waals surface area contributed by atoms with Crippen molar-refractivity contribution in [3.8, 4) is 0 Å². The van der Waals surface area contributed by atoms with Crippen molar-refractivity contribution < 1.29 is 14.6 Å². The van der Waals surface area contributed by atoms with Gasteiger partial charge >= 0.3 is 5.97 Å². The van der Waals surface area contributed by atoms with Gasteiger partial charge in [0, 0.05) is 24.7 Å². The molecule has 1 aliphatic rings. The number of carbonyl (C=O) groups is 1. The SMILES string of the molecule is CN(c1csc(C(=O)O)c1)C1CCOC1. The number of hydrogen-bond acceptors (Lipinski definition) is 4. The Morgan fingerprint density at radius 1 is 1.73 bits per heavy atom. The van der Waals surface area contributed by atoms with E-state index in [9.17, 15) is 4.79 Å². The second-order valence-electron chi connectivity index (χ2n) is 3.60. The van der Waals surface area contributed by atoms with Gasteiger partial charge in [-0.25, -0.2) is 4.79 Å². The minimum Gasteiger partial charge on any atom is -0.477 e. The summed E-state index contributed by atoms with van der Waals surface area (Å²) in [6, 6.07) is 2.09. The Kier molecular flexibility index (Phi) is 2.93. The molecule has 0 radical (unpaired) electrons. The fraction of sp³-hybridized carbons (Fsp3) is 0.500. The first kappa shape index (κ1) is 10.4. The van der Waals surface area contributed by atoms with Gasteiger partial charge in [-0.3, -0.25) is 0 Å². The zero-order valence-electron chi connectivity index (χ0n) is 8.47. The Hall–Kier alpha value is -1.07. The largest absolute Gasteiger partial charge is 0.477 e. The number of rotatable bonds is 3. The molecular formula is C10H13NO3S. The summed E-state index contributed by atoms with van der Waals surface area (Å²) in [5.41, 5.74) is 0.966. The maximum atomic E-state index is 10.7. The van der Waals surface area contributed by atoms with E-state index in [0.717, 1.165) is 25.3 Å². The first-order chi connectivity index (χ1) is 7.18. The van der Waals surface area contributed by atoms with Crippen LogP contribution in [0.3, 0.4) is 0 Å². The number of thiophene rings is 1. The minimum atomic E-state index is -0.859. The number of hydrogen-bond donors (Lipinski definition) is 1. The molecular weight excluding hydrogens is 214 g/mol. The standard InChI is InChI=1S/C10H13NO3S/c1-11(7-2-3-14-5-7)8-4-9(10(12)13)15-6-8/h4,6-7H,2-3,5H2,1H3,(H,12,13). The van der Waals surface area contributed by atoms with Gasteiger partial charge in [-0.05, 0) is 12.5 Å². The summed E-state index contributed by atoms with van der Waals surface area (Å²) < 4.78 is 5.30. The van der Waals surface area contributed by atoms with Crippen LogP contribution in [0.15, 0.2) is 11.4 Å². The Labute approximate surface area is 92.1 Å². The molecule has 82 valence electrons. The van der Waals surface area contributed by atoms with Crippen LogP contribution in [0.5, 0.6) is 0 Å². The molecule has 1 aliphatic heterocycles. The second-order valence-corrected chi connectivity index (χ2v) is 4.51. The molecule has 1 atom stereocenters. The maximum absolute atomic E-state index is 10.7. The van der Waals surface area contributed by atoms with Crippen LogP contribution in [0.4, 0.5) is 5.69 Å². The quantitative estimate of drug-likeness (QED) is 0.853. The lowest BCUT2D eigenvalue weighted by molar-refractivity contribution is 0.0702. The van der Waals surface area contributed by atoms with E-state index < -0.39 is 5.97 Å². The molecule has 0 amide bonds. The van der Waals surface area contributed by atoms with Gasteiger partial charge in [0.05, 0.1) is 12.6 Å². The minimum absolute atomic E-state index is 0.376. The highest BCUT2D eigenvalue weighted by Gasteiger charge is 2.21. The topological polar surface area (TPSA) is 49.8 Å². The van der Waals surface area contributed by atoms with Gasteiger partial charge in [-0.2, -0.15) is 0 Å². The van der Waals surface area contributed by atoms with Crippen molar-refractivity contribution in [1.82, 2.24) is 0 Å². The summed E-state index contributed by atoms with van der Waals surface area (Å²) in [5.74, 6) is -0.859. The van der Waals surface area contributed by atoms with E-state index in [4.69, 9.17) is 9.84 Å². The Balaban J connectivity index is 2.10. The number of aromatic carboxylic acids is 1. The van der Waals surface area contributed by atoms with Crippen molar-refractivity contribution in [2.75, 3.05) is 25.2 Å². The number of nitrogens with zero attached hydrogens (tertiary/aromatic N) is 1. The lowest BCUT2D eigenvalue weighted by Gasteiger charge is -2.23. The van der Waals surface area contributed by atoms with E-state index >= 15 is 0 Å². The summed E-state index contributed by atoms with van der Waals surface area (Å²) in [5, 5.41) is 10.7. The number of anilines is 1. The second kappa shape index (κ2) is 4.20. The molecule has 4 nitrogen and oxygen atoms in total. The van der Waals surface area contributed by atoms with Gasteiger partial charge < -0.3 is 14.7 Å². The molecule has 0 spiro atoms. The van der Waals surface area contributed by atoms with E-state index in [2.05, 4.69) is 4.90 Å². The number of carboxylic acids is 1. The van der Waals surface area contributed by atoms with Crippen LogP contribution in [-0.2, 0) is 4.74 Å². The van der Waals surface area contributed by atoms with Crippen molar-refractivity contribution in [3.05, 3.63) is 16.3 Å². The molecule has 0 bridgehead atoms. The van der Waals surface area contributed by atoms with Gasteiger partial charge in [0.25, 0.3) is 0 Å². The van der Waals surface area contributed by atoms with E-state index in [1.54, 1.807) is 6.07 Å². The lowest BCUT2D eigenvalue weighted by Crippen LogP contribution is -2.31. The summed E-state index contributed by atoms with van der Waals surface area (Å²) in [6.07, 6.45) is 1.01. The predicted octanol–water partition coefficient (Wildman–Crippen LogP) is 1.67. The van der Waals surface area contributed by atoms with Crippen LogP contribution in [0, 0.1) is 0 Å². The molecule has 1 aromatic rings. The average molecular weight is 227 g/mol. The van der Waals surface area contributed by atoms with E-state index in [1.807, 2.05) is 12.4 Å². The third-order valence-corrected chi connectivity index (χ3v) is 3.56. The van der Waals surface area contributed by atoms with Crippen LogP contribution in [-0.4, -0.2) is 37.4 Å². The molecule has 1 fully saturated rings. The lowest BCUT2D eigenvalue weighted by atomic mass is 10.2. The van der Waals surface area contributed by atoms with Gasteiger partial charge in [0.2, 0.25) is 0 Å².